The molecule has 5 heteroatoms. The maximum atomic E-state index is 11.2. The molecular weight excluding hydrogens is 188 g/mol. The van der Waals surface area contributed by atoms with Crippen LogP contribution < -0.4 is 0 Å². The summed E-state index contributed by atoms with van der Waals surface area (Å²) in [5, 5.41) is 16.7. The van der Waals surface area contributed by atoms with Gasteiger partial charge in [-0.25, -0.2) is 0 Å². The van der Waals surface area contributed by atoms with Crippen LogP contribution in [0.1, 0.15) is 32.6 Å². The van der Waals surface area contributed by atoms with E-state index in [0.29, 0.717) is 0 Å². The first-order valence-corrected chi connectivity index (χ1v) is 4.39. The van der Waals surface area contributed by atoms with Crippen LogP contribution in [-0.2, 0) is 14.4 Å². The van der Waals surface area contributed by atoms with Gasteiger partial charge in [0.2, 0.25) is 0 Å². The fourth-order valence-electron chi connectivity index (χ4n) is 0.978. The molecule has 5 nitrogen and oxygen atoms in total. The van der Waals surface area contributed by atoms with Gasteiger partial charge < -0.3 is 10.2 Å². The lowest BCUT2D eigenvalue weighted by Crippen LogP contribution is -2.14. The molecule has 0 fully saturated rings. The first-order chi connectivity index (χ1) is 6.43. The molecule has 0 aliphatic rings. The maximum absolute atomic E-state index is 11.2. The van der Waals surface area contributed by atoms with Gasteiger partial charge in [-0.15, -0.1) is 0 Å². The number of aliphatic carboxylic acids is 2. The van der Waals surface area contributed by atoms with Crippen LogP contribution in [0.15, 0.2) is 0 Å². The van der Waals surface area contributed by atoms with Crippen LogP contribution >= 0.6 is 0 Å². The van der Waals surface area contributed by atoms with E-state index in [0.717, 1.165) is 0 Å². The number of rotatable bonds is 7. The number of hydrogen-bond donors (Lipinski definition) is 2. The number of carbonyl (C=O) groups excluding carboxylic acids is 1. The molecule has 0 aromatic heterocycles. The summed E-state index contributed by atoms with van der Waals surface area (Å²) in [6.45, 7) is 1.62. The highest BCUT2D eigenvalue weighted by molar-refractivity contribution is 5.84. The van der Waals surface area contributed by atoms with Crippen molar-refractivity contribution in [2.24, 2.45) is 5.92 Å². The van der Waals surface area contributed by atoms with Gasteiger partial charge in [-0.1, -0.05) is 6.92 Å². The van der Waals surface area contributed by atoms with Crippen molar-refractivity contribution in [2.75, 3.05) is 0 Å². The van der Waals surface area contributed by atoms with E-state index < -0.39 is 11.9 Å². The molecule has 2 N–H and O–H groups in total. The molecule has 0 saturated carbocycles. The number of carboxylic acids is 2. The summed E-state index contributed by atoms with van der Waals surface area (Å²) in [5.41, 5.74) is 0. The van der Waals surface area contributed by atoms with E-state index in [-0.39, 0.29) is 37.4 Å². The van der Waals surface area contributed by atoms with E-state index in [1.807, 2.05) is 0 Å². The van der Waals surface area contributed by atoms with Gasteiger partial charge in [0.25, 0.3) is 0 Å². The Morgan fingerprint density at radius 2 is 1.50 bits per heavy atom. The second kappa shape index (κ2) is 6.12. The zero-order valence-electron chi connectivity index (χ0n) is 8.02. The molecule has 0 heterocycles. The first kappa shape index (κ1) is 12.6. The highest BCUT2D eigenvalue weighted by atomic mass is 16.4. The third kappa shape index (κ3) is 6.16. The molecule has 1 unspecified atom stereocenters. The molecule has 0 amide bonds. The molecule has 1 atom stereocenters. The predicted molar refractivity (Wildman–Crippen MR) is 47.9 cm³/mol. The summed E-state index contributed by atoms with van der Waals surface area (Å²) in [4.78, 5) is 31.5. The molecule has 0 aliphatic heterocycles. The Hall–Kier alpha value is -1.39. The average molecular weight is 202 g/mol. The fourth-order valence-corrected chi connectivity index (χ4v) is 0.978. The van der Waals surface area contributed by atoms with Crippen molar-refractivity contribution in [1.82, 2.24) is 0 Å². The largest absolute Gasteiger partial charge is 0.481 e. The predicted octanol–water partition coefficient (Wildman–Crippen LogP) is 0.921. The molecule has 0 radical (unpaired) electrons. The van der Waals surface area contributed by atoms with Gasteiger partial charge >= 0.3 is 11.9 Å². The normalized spacial score (nSPS) is 12.1. The molecule has 0 aromatic rings. The van der Waals surface area contributed by atoms with Crippen LogP contribution in [0.25, 0.3) is 0 Å². The second-order valence-corrected chi connectivity index (χ2v) is 3.19. The Balaban J connectivity index is 3.76. The number of carboxylic acid groups (broad SMARTS) is 2. The van der Waals surface area contributed by atoms with Crippen molar-refractivity contribution in [3.8, 4) is 0 Å². The first-order valence-electron chi connectivity index (χ1n) is 4.39. The smallest absolute Gasteiger partial charge is 0.303 e. The molecular formula is C9H14O5. The van der Waals surface area contributed by atoms with Gasteiger partial charge in [0, 0.05) is 18.8 Å². The molecule has 0 saturated heterocycles. The van der Waals surface area contributed by atoms with Crippen molar-refractivity contribution >= 4 is 17.7 Å². The van der Waals surface area contributed by atoms with Crippen molar-refractivity contribution in [2.45, 2.75) is 32.6 Å². The third-order valence-corrected chi connectivity index (χ3v) is 1.93. The minimum absolute atomic E-state index is 0.0177. The third-order valence-electron chi connectivity index (χ3n) is 1.93. The molecule has 0 aliphatic carbocycles. The van der Waals surface area contributed by atoms with Crippen LogP contribution in [0, 0.1) is 5.92 Å². The lowest BCUT2D eigenvalue weighted by Gasteiger charge is -2.07. The number of hydrogen-bond acceptors (Lipinski definition) is 3. The lowest BCUT2D eigenvalue weighted by atomic mass is 9.97. The summed E-state index contributed by atoms with van der Waals surface area (Å²) in [5.74, 6) is -2.51. The van der Waals surface area contributed by atoms with E-state index in [1.165, 1.54) is 0 Å². The number of Topliss-reactive ketones (excluding diaryl/α,β-unsaturated/α-hetero) is 1. The maximum Gasteiger partial charge on any atom is 0.303 e. The highest BCUT2D eigenvalue weighted by Gasteiger charge is 2.15. The minimum atomic E-state index is -1.01. The topological polar surface area (TPSA) is 91.7 Å². The average Bonchev–Trinajstić information content (AvgIpc) is 2.09. The Kier molecular flexibility index (Phi) is 5.52. The summed E-state index contributed by atoms with van der Waals surface area (Å²) >= 11 is 0. The minimum Gasteiger partial charge on any atom is -0.481 e. The van der Waals surface area contributed by atoms with Gasteiger partial charge in [0.15, 0.2) is 0 Å². The van der Waals surface area contributed by atoms with Crippen molar-refractivity contribution in [1.29, 1.82) is 0 Å². The van der Waals surface area contributed by atoms with E-state index in [2.05, 4.69) is 0 Å². The SMILES string of the molecule is CC(CCC(=O)O)C(=O)CCC(=O)O. The monoisotopic (exact) mass is 202 g/mol. The Morgan fingerprint density at radius 3 is 1.93 bits per heavy atom. The van der Waals surface area contributed by atoms with Gasteiger partial charge in [-0.3, -0.25) is 14.4 Å². The van der Waals surface area contributed by atoms with Crippen molar-refractivity contribution in [3.05, 3.63) is 0 Å². The zero-order valence-corrected chi connectivity index (χ0v) is 8.02. The Labute approximate surface area is 81.7 Å². The van der Waals surface area contributed by atoms with Gasteiger partial charge in [-0.2, -0.15) is 0 Å². The lowest BCUT2D eigenvalue weighted by molar-refractivity contribution is -0.140. The van der Waals surface area contributed by atoms with Gasteiger partial charge in [-0.05, 0) is 6.42 Å². The Morgan fingerprint density at radius 1 is 1.00 bits per heavy atom. The fraction of sp³-hybridized carbons (Fsp3) is 0.667. The van der Waals surface area contributed by atoms with Crippen LogP contribution in [0.4, 0.5) is 0 Å². The van der Waals surface area contributed by atoms with Gasteiger partial charge in [0.1, 0.15) is 5.78 Å². The number of carbonyl (C=O) groups is 3. The molecule has 0 aromatic carbocycles. The molecule has 0 bridgehead atoms. The summed E-state index contributed by atoms with van der Waals surface area (Å²) in [6, 6.07) is 0. The van der Waals surface area contributed by atoms with Crippen LogP contribution in [0.3, 0.4) is 0 Å². The van der Waals surface area contributed by atoms with E-state index in [1.54, 1.807) is 6.92 Å². The molecule has 80 valence electrons. The standard InChI is InChI=1S/C9H14O5/c1-6(2-4-8(11)12)7(10)3-5-9(13)14/h6H,2-5H2,1H3,(H,11,12)(H,13,14). The molecule has 0 rings (SSSR count). The quantitative estimate of drug-likeness (QED) is 0.640. The van der Waals surface area contributed by atoms with Gasteiger partial charge in [0.05, 0.1) is 6.42 Å². The second-order valence-electron chi connectivity index (χ2n) is 3.19. The van der Waals surface area contributed by atoms with Crippen molar-refractivity contribution < 1.29 is 24.6 Å². The zero-order chi connectivity index (χ0) is 11.1. The number of ketones is 1. The van der Waals surface area contributed by atoms with Crippen LogP contribution in [-0.4, -0.2) is 27.9 Å². The molecule has 0 spiro atoms. The van der Waals surface area contributed by atoms with E-state index >= 15 is 0 Å². The summed E-state index contributed by atoms with van der Waals surface area (Å²) in [6.07, 6.45) is 0.0140. The molecule has 14 heavy (non-hydrogen) atoms. The van der Waals surface area contributed by atoms with Crippen LogP contribution in [0.5, 0.6) is 0 Å². The van der Waals surface area contributed by atoms with E-state index in [9.17, 15) is 14.4 Å². The highest BCUT2D eigenvalue weighted by Crippen LogP contribution is 2.10. The van der Waals surface area contributed by atoms with E-state index in [4.69, 9.17) is 10.2 Å². The Bertz CT molecular complexity index is 233. The van der Waals surface area contributed by atoms with Crippen molar-refractivity contribution in [3.63, 3.8) is 0 Å². The summed E-state index contributed by atoms with van der Waals surface area (Å²) in [7, 11) is 0. The van der Waals surface area contributed by atoms with Crippen LogP contribution in [0.2, 0.25) is 0 Å². The summed E-state index contributed by atoms with van der Waals surface area (Å²) < 4.78 is 0.